The third-order valence-corrected chi connectivity index (χ3v) is 3.05. The van der Waals surface area contributed by atoms with Gasteiger partial charge in [-0.05, 0) is 22.0 Å². The van der Waals surface area contributed by atoms with Crippen molar-refractivity contribution in [2.24, 2.45) is 0 Å². The minimum absolute atomic E-state index is 0.0924. The van der Waals surface area contributed by atoms with Crippen molar-refractivity contribution in [1.82, 2.24) is 14.8 Å². The van der Waals surface area contributed by atoms with E-state index in [0.29, 0.717) is 12.1 Å². The van der Waals surface area contributed by atoms with Gasteiger partial charge in [0.25, 0.3) is 5.91 Å². The molecule has 0 aromatic carbocycles. The second-order valence-electron chi connectivity index (χ2n) is 4.10. The van der Waals surface area contributed by atoms with Gasteiger partial charge in [0, 0.05) is 24.8 Å². The second kappa shape index (κ2) is 4.44. The lowest BCUT2D eigenvalue weighted by molar-refractivity contribution is -0.129. The quantitative estimate of drug-likeness (QED) is 0.815. The number of likely N-dealkylation sites (N-methyl/N-ethyl adjacent to an activating group) is 1. The minimum atomic E-state index is -0.135. The number of hydrogen-bond acceptors (Lipinski definition) is 3. The number of nitrogens with zero attached hydrogens (tertiary/aromatic N) is 3. The number of amides is 2. The van der Waals surface area contributed by atoms with E-state index in [1.165, 1.54) is 9.80 Å². The van der Waals surface area contributed by atoms with Crippen molar-refractivity contribution in [3.63, 3.8) is 0 Å². The summed E-state index contributed by atoms with van der Waals surface area (Å²) in [6.45, 7) is 0.501. The first kappa shape index (κ1) is 12.0. The van der Waals surface area contributed by atoms with Gasteiger partial charge in [0.15, 0.2) is 0 Å². The molecule has 1 aromatic rings. The Bertz CT molecular complexity index is 488. The largest absolute Gasteiger partial charge is 0.347 e. The molecule has 0 atom stereocenters. The van der Waals surface area contributed by atoms with Crippen LogP contribution in [0.3, 0.4) is 0 Å². The summed E-state index contributed by atoms with van der Waals surface area (Å²) in [5.74, 6) is -0.228. The van der Waals surface area contributed by atoms with Crippen LogP contribution in [-0.2, 0) is 11.3 Å². The third-order valence-electron chi connectivity index (χ3n) is 2.62. The molecule has 0 bridgehead atoms. The fourth-order valence-corrected chi connectivity index (χ4v) is 1.97. The van der Waals surface area contributed by atoms with Crippen LogP contribution in [0, 0.1) is 0 Å². The molecule has 17 heavy (non-hydrogen) atoms. The minimum Gasteiger partial charge on any atom is -0.347 e. The molecule has 6 heteroatoms. The highest BCUT2D eigenvalue weighted by atomic mass is 79.9. The molecule has 0 saturated carbocycles. The number of rotatable bonds is 2. The van der Waals surface area contributed by atoms with Gasteiger partial charge >= 0.3 is 0 Å². The van der Waals surface area contributed by atoms with Crippen LogP contribution in [0.2, 0.25) is 0 Å². The van der Waals surface area contributed by atoms with Gasteiger partial charge in [-0.2, -0.15) is 0 Å². The summed E-state index contributed by atoms with van der Waals surface area (Å²) in [5, 5.41) is 0. The Balaban J connectivity index is 2.17. The van der Waals surface area contributed by atoms with Crippen molar-refractivity contribution in [1.29, 1.82) is 0 Å². The SMILES string of the molecule is CN(C)C(=O)CN1Cc2ncc(Br)cc2C1=O. The van der Waals surface area contributed by atoms with Crippen LogP contribution in [-0.4, -0.2) is 47.2 Å². The van der Waals surface area contributed by atoms with Crippen molar-refractivity contribution < 1.29 is 9.59 Å². The molecular formula is C11H12BrN3O2. The number of aromatic nitrogens is 1. The fourth-order valence-electron chi connectivity index (χ4n) is 1.63. The van der Waals surface area contributed by atoms with E-state index < -0.39 is 0 Å². The molecule has 90 valence electrons. The Morgan fingerprint density at radius 1 is 1.59 bits per heavy atom. The zero-order chi connectivity index (χ0) is 12.6. The van der Waals surface area contributed by atoms with Gasteiger partial charge in [0.1, 0.15) is 6.54 Å². The molecule has 0 aliphatic carbocycles. The van der Waals surface area contributed by atoms with E-state index in [0.717, 1.165) is 10.2 Å². The molecule has 0 spiro atoms. The maximum Gasteiger partial charge on any atom is 0.256 e. The average molecular weight is 298 g/mol. The summed E-state index contributed by atoms with van der Waals surface area (Å²) in [7, 11) is 3.34. The first-order chi connectivity index (χ1) is 7.99. The van der Waals surface area contributed by atoms with Gasteiger partial charge in [-0.3, -0.25) is 14.6 Å². The topological polar surface area (TPSA) is 53.5 Å². The van der Waals surface area contributed by atoms with E-state index in [9.17, 15) is 9.59 Å². The van der Waals surface area contributed by atoms with E-state index in [1.807, 2.05) is 0 Å². The highest BCUT2D eigenvalue weighted by Crippen LogP contribution is 2.23. The summed E-state index contributed by atoms with van der Waals surface area (Å²) < 4.78 is 0.769. The van der Waals surface area contributed by atoms with Gasteiger partial charge in [0.2, 0.25) is 5.91 Å². The Morgan fingerprint density at radius 3 is 2.94 bits per heavy atom. The van der Waals surface area contributed by atoms with Crippen LogP contribution in [0.15, 0.2) is 16.7 Å². The Morgan fingerprint density at radius 2 is 2.29 bits per heavy atom. The molecule has 1 aliphatic rings. The molecule has 0 unspecified atom stereocenters. The second-order valence-corrected chi connectivity index (χ2v) is 5.01. The molecule has 0 saturated heterocycles. The monoisotopic (exact) mass is 297 g/mol. The number of hydrogen-bond donors (Lipinski definition) is 0. The van der Waals surface area contributed by atoms with Crippen molar-refractivity contribution >= 4 is 27.7 Å². The van der Waals surface area contributed by atoms with Crippen LogP contribution in [0.1, 0.15) is 16.1 Å². The van der Waals surface area contributed by atoms with Gasteiger partial charge in [0.05, 0.1) is 17.8 Å². The Hall–Kier alpha value is -1.43. The number of pyridine rings is 1. The van der Waals surface area contributed by atoms with Crippen LogP contribution < -0.4 is 0 Å². The number of carbonyl (C=O) groups excluding carboxylic acids is 2. The maximum atomic E-state index is 12.0. The molecule has 2 amide bonds. The van der Waals surface area contributed by atoms with E-state index in [2.05, 4.69) is 20.9 Å². The molecule has 0 N–H and O–H groups in total. The highest BCUT2D eigenvalue weighted by molar-refractivity contribution is 9.10. The first-order valence-electron chi connectivity index (χ1n) is 5.13. The van der Waals surface area contributed by atoms with Crippen molar-refractivity contribution in [2.45, 2.75) is 6.54 Å². The summed E-state index contributed by atoms with van der Waals surface area (Å²) in [4.78, 5) is 30.7. The number of fused-ring (bicyclic) bond motifs is 1. The normalized spacial score (nSPS) is 13.8. The van der Waals surface area contributed by atoms with Gasteiger partial charge in [-0.15, -0.1) is 0 Å². The maximum absolute atomic E-state index is 12.0. The highest BCUT2D eigenvalue weighted by Gasteiger charge is 2.30. The molecule has 1 aliphatic heterocycles. The van der Waals surface area contributed by atoms with Crippen molar-refractivity contribution in [3.8, 4) is 0 Å². The zero-order valence-electron chi connectivity index (χ0n) is 9.61. The van der Waals surface area contributed by atoms with E-state index in [1.54, 1.807) is 26.4 Å². The first-order valence-corrected chi connectivity index (χ1v) is 5.92. The zero-order valence-corrected chi connectivity index (χ0v) is 11.2. The van der Waals surface area contributed by atoms with Crippen LogP contribution in [0.4, 0.5) is 0 Å². The van der Waals surface area contributed by atoms with Gasteiger partial charge in [-0.1, -0.05) is 0 Å². The third kappa shape index (κ3) is 2.31. The standard InChI is InChI=1S/C11H12BrN3O2/c1-14(2)10(16)6-15-5-9-8(11(15)17)3-7(12)4-13-9/h3-4H,5-6H2,1-2H3. The molecule has 0 radical (unpaired) electrons. The van der Waals surface area contributed by atoms with Gasteiger partial charge in [-0.25, -0.2) is 0 Å². The smallest absolute Gasteiger partial charge is 0.256 e. The Kier molecular flexibility index (Phi) is 3.15. The molecule has 2 heterocycles. The van der Waals surface area contributed by atoms with E-state index in [4.69, 9.17) is 0 Å². The van der Waals surface area contributed by atoms with E-state index in [-0.39, 0.29) is 18.4 Å². The summed E-state index contributed by atoms with van der Waals surface area (Å²) in [5.41, 5.74) is 1.30. The van der Waals surface area contributed by atoms with Crippen molar-refractivity contribution in [2.75, 3.05) is 20.6 Å². The predicted octanol–water partition coefficient (Wildman–Crippen LogP) is 0.888. The predicted molar refractivity (Wildman–Crippen MR) is 65.4 cm³/mol. The van der Waals surface area contributed by atoms with Crippen LogP contribution in [0.5, 0.6) is 0 Å². The molecule has 1 aromatic heterocycles. The summed E-state index contributed by atoms with van der Waals surface area (Å²) >= 11 is 3.28. The lowest BCUT2D eigenvalue weighted by Crippen LogP contribution is -2.36. The van der Waals surface area contributed by atoms with Crippen LogP contribution >= 0.6 is 15.9 Å². The lowest BCUT2D eigenvalue weighted by atomic mass is 10.2. The molecular weight excluding hydrogens is 286 g/mol. The number of carbonyl (C=O) groups is 2. The molecule has 5 nitrogen and oxygen atoms in total. The molecule has 2 rings (SSSR count). The number of halogens is 1. The fraction of sp³-hybridized carbons (Fsp3) is 0.364. The summed E-state index contributed by atoms with van der Waals surface area (Å²) in [6.07, 6.45) is 1.66. The van der Waals surface area contributed by atoms with Crippen molar-refractivity contribution in [3.05, 3.63) is 28.0 Å². The van der Waals surface area contributed by atoms with Crippen LogP contribution in [0.25, 0.3) is 0 Å². The van der Waals surface area contributed by atoms with Gasteiger partial charge < -0.3 is 9.80 Å². The lowest BCUT2D eigenvalue weighted by Gasteiger charge is -2.17. The average Bonchev–Trinajstić information content (AvgIpc) is 2.56. The Labute approximate surface area is 108 Å². The molecule has 0 fully saturated rings. The summed E-state index contributed by atoms with van der Waals surface area (Å²) in [6, 6.07) is 1.74. The van der Waals surface area contributed by atoms with E-state index >= 15 is 0 Å².